The minimum Gasteiger partial charge on any atom is -0.497 e. The summed E-state index contributed by atoms with van der Waals surface area (Å²) in [6.45, 7) is 7.28. The van der Waals surface area contributed by atoms with Crippen molar-refractivity contribution in [1.82, 2.24) is 10.2 Å². The zero-order valence-corrected chi connectivity index (χ0v) is 23.6. The quantitative estimate of drug-likeness (QED) is 0.423. The van der Waals surface area contributed by atoms with Gasteiger partial charge in [0.25, 0.3) is 0 Å². The van der Waals surface area contributed by atoms with Crippen molar-refractivity contribution in [2.75, 3.05) is 31.3 Å². The fraction of sp³-hybridized carbons (Fsp3) is 0.481. The molecule has 0 aliphatic rings. The van der Waals surface area contributed by atoms with E-state index in [0.29, 0.717) is 12.2 Å². The number of nitrogens with zero attached hydrogens (tertiary/aromatic N) is 2. The SMILES string of the molecule is CC[C@H](C)NC(=O)[C@H](CC)N(Cc1ccccc1C)C(=O)CN(c1cc(OC)ccc1OC)S(C)(=O)=O. The number of hydrogen-bond donors (Lipinski definition) is 1. The van der Waals surface area contributed by atoms with Crippen LogP contribution in [-0.4, -0.2) is 64.2 Å². The average molecular weight is 534 g/mol. The number of benzene rings is 2. The van der Waals surface area contributed by atoms with Crippen molar-refractivity contribution < 1.29 is 27.5 Å². The van der Waals surface area contributed by atoms with E-state index < -0.39 is 28.5 Å². The van der Waals surface area contributed by atoms with Crippen LogP contribution in [-0.2, 0) is 26.2 Å². The Labute approximate surface area is 220 Å². The summed E-state index contributed by atoms with van der Waals surface area (Å²) < 4.78 is 37.5. The van der Waals surface area contributed by atoms with Crippen molar-refractivity contribution in [3.05, 3.63) is 53.6 Å². The highest BCUT2D eigenvalue weighted by molar-refractivity contribution is 7.92. The second-order valence-electron chi connectivity index (χ2n) is 9.00. The Bertz CT molecular complexity index is 1180. The monoisotopic (exact) mass is 533 g/mol. The number of hydrogen-bond acceptors (Lipinski definition) is 6. The highest BCUT2D eigenvalue weighted by Crippen LogP contribution is 2.34. The summed E-state index contributed by atoms with van der Waals surface area (Å²) in [5, 5.41) is 2.96. The number of carbonyl (C=O) groups is 2. The number of amides is 2. The molecule has 1 N–H and O–H groups in total. The molecule has 2 aromatic carbocycles. The van der Waals surface area contributed by atoms with Crippen LogP contribution in [0, 0.1) is 6.92 Å². The number of methoxy groups -OCH3 is 2. The number of anilines is 1. The minimum atomic E-state index is -3.91. The van der Waals surface area contributed by atoms with Gasteiger partial charge in [0.1, 0.15) is 24.1 Å². The summed E-state index contributed by atoms with van der Waals surface area (Å²) in [6, 6.07) is 11.5. The second kappa shape index (κ2) is 13.3. The summed E-state index contributed by atoms with van der Waals surface area (Å²) in [5.74, 6) is -0.104. The standard InChI is InChI=1S/C27H39N3O6S/c1-8-20(4)28-27(32)23(9-2)29(17-21-13-11-10-12-19(21)3)26(31)18-30(37(7,33)34)24-16-22(35-5)14-15-25(24)36-6/h10-16,20,23H,8-9,17-18H2,1-7H3,(H,28,32)/t20-,23-/m0/s1. The maximum atomic E-state index is 13.9. The zero-order valence-electron chi connectivity index (χ0n) is 22.8. The molecule has 37 heavy (non-hydrogen) atoms. The number of aryl methyl sites for hydroxylation is 1. The molecule has 2 amide bonds. The Morgan fingerprint density at radius 3 is 2.24 bits per heavy atom. The molecule has 10 heteroatoms. The summed E-state index contributed by atoms with van der Waals surface area (Å²) in [4.78, 5) is 28.6. The Morgan fingerprint density at radius 2 is 1.70 bits per heavy atom. The Morgan fingerprint density at radius 1 is 1.03 bits per heavy atom. The van der Waals surface area contributed by atoms with Crippen molar-refractivity contribution >= 4 is 27.5 Å². The molecule has 0 fully saturated rings. The van der Waals surface area contributed by atoms with Crippen LogP contribution in [0.15, 0.2) is 42.5 Å². The molecule has 2 rings (SSSR count). The van der Waals surface area contributed by atoms with Gasteiger partial charge in [0, 0.05) is 18.7 Å². The first-order valence-corrected chi connectivity index (χ1v) is 14.2. The van der Waals surface area contributed by atoms with Gasteiger partial charge in [-0.2, -0.15) is 0 Å². The molecule has 0 saturated heterocycles. The first-order valence-electron chi connectivity index (χ1n) is 12.3. The number of rotatable bonds is 13. The van der Waals surface area contributed by atoms with E-state index in [-0.39, 0.29) is 29.9 Å². The molecular weight excluding hydrogens is 494 g/mol. The van der Waals surface area contributed by atoms with Crippen LogP contribution in [0.4, 0.5) is 5.69 Å². The average Bonchev–Trinajstić information content (AvgIpc) is 2.86. The first kappa shape index (κ1) is 30.0. The lowest BCUT2D eigenvalue weighted by molar-refractivity contribution is -0.140. The molecule has 0 spiro atoms. The lowest BCUT2D eigenvalue weighted by Crippen LogP contribution is -2.53. The molecule has 0 saturated carbocycles. The molecule has 2 atom stereocenters. The van der Waals surface area contributed by atoms with Crippen LogP contribution < -0.4 is 19.1 Å². The molecular formula is C27H39N3O6S. The maximum absolute atomic E-state index is 13.9. The smallest absolute Gasteiger partial charge is 0.244 e. The Hall–Kier alpha value is -3.27. The summed E-state index contributed by atoms with van der Waals surface area (Å²) in [7, 11) is -1.02. The van der Waals surface area contributed by atoms with Gasteiger partial charge in [0.05, 0.1) is 26.2 Å². The van der Waals surface area contributed by atoms with Crippen molar-refractivity contribution in [3.8, 4) is 11.5 Å². The van der Waals surface area contributed by atoms with E-state index in [2.05, 4.69) is 5.32 Å². The van der Waals surface area contributed by atoms with Crippen molar-refractivity contribution in [1.29, 1.82) is 0 Å². The first-order chi connectivity index (χ1) is 17.5. The molecule has 0 radical (unpaired) electrons. The van der Waals surface area contributed by atoms with Crippen molar-refractivity contribution in [2.24, 2.45) is 0 Å². The minimum absolute atomic E-state index is 0.0643. The van der Waals surface area contributed by atoms with Gasteiger partial charge >= 0.3 is 0 Å². The normalized spacial score (nSPS) is 12.8. The van der Waals surface area contributed by atoms with Gasteiger partial charge in [-0.1, -0.05) is 38.1 Å². The predicted octanol–water partition coefficient (Wildman–Crippen LogP) is 3.50. The molecule has 2 aromatic rings. The zero-order chi connectivity index (χ0) is 27.8. The van der Waals surface area contributed by atoms with Gasteiger partial charge < -0.3 is 19.7 Å². The molecule has 0 aliphatic carbocycles. The molecule has 9 nitrogen and oxygen atoms in total. The van der Waals surface area contributed by atoms with E-state index in [1.165, 1.54) is 25.2 Å². The predicted molar refractivity (Wildman–Crippen MR) is 145 cm³/mol. The second-order valence-corrected chi connectivity index (χ2v) is 10.9. The van der Waals surface area contributed by atoms with Crippen molar-refractivity contribution in [3.63, 3.8) is 0 Å². The van der Waals surface area contributed by atoms with Gasteiger partial charge in [-0.05, 0) is 49.9 Å². The third kappa shape index (κ3) is 7.85. The van der Waals surface area contributed by atoms with E-state index >= 15 is 0 Å². The van der Waals surface area contributed by atoms with E-state index in [9.17, 15) is 18.0 Å². The van der Waals surface area contributed by atoms with Crippen LogP contribution in [0.5, 0.6) is 11.5 Å². The van der Waals surface area contributed by atoms with E-state index in [4.69, 9.17) is 9.47 Å². The Kier molecular flexibility index (Phi) is 10.8. The molecule has 0 unspecified atom stereocenters. The highest BCUT2D eigenvalue weighted by atomic mass is 32.2. The fourth-order valence-electron chi connectivity index (χ4n) is 3.92. The maximum Gasteiger partial charge on any atom is 0.244 e. The van der Waals surface area contributed by atoms with Gasteiger partial charge in [-0.15, -0.1) is 0 Å². The van der Waals surface area contributed by atoms with Crippen LogP contribution in [0.3, 0.4) is 0 Å². The van der Waals surface area contributed by atoms with Gasteiger partial charge in [-0.25, -0.2) is 8.42 Å². The fourth-order valence-corrected chi connectivity index (χ4v) is 4.76. The van der Waals surface area contributed by atoms with Crippen LogP contribution in [0.1, 0.15) is 44.7 Å². The topological polar surface area (TPSA) is 105 Å². The summed E-state index contributed by atoms with van der Waals surface area (Å²) >= 11 is 0. The van der Waals surface area contributed by atoms with E-state index in [1.54, 1.807) is 12.1 Å². The molecule has 204 valence electrons. The number of sulfonamides is 1. The van der Waals surface area contributed by atoms with Crippen molar-refractivity contribution in [2.45, 2.75) is 59.2 Å². The number of carbonyl (C=O) groups excluding carboxylic acids is 2. The van der Waals surface area contributed by atoms with E-state index in [0.717, 1.165) is 28.1 Å². The number of ether oxygens (including phenoxy) is 2. The van der Waals surface area contributed by atoms with Gasteiger partial charge in [0.15, 0.2) is 0 Å². The molecule has 0 aliphatic heterocycles. The molecule has 0 heterocycles. The Balaban J connectivity index is 2.54. The van der Waals surface area contributed by atoms with Crippen LogP contribution >= 0.6 is 0 Å². The summed E-state index contributed by atoms with van der Waals surface area (Å²) in [6.07, 6.45) is 2.13. The van der Waals surface area contributed by atoms with Crippen LogP contribution in [0.25, 0.3) is 0 Å². The van der Waals surface area contributed by atoms with Crippen LogP contribution in [0.2, 0.25) is 0 Å². The lowest BCUT2D eigenvalue weighted by atomic mass is 10.1. The molecule has 0 aromatic heterocycles. The summed E-state index contributed by atoms with van der Waals surface area (Å²) in [5.41, 5.74) is 2.01. The largest absolute Gasteiger partial charge is 0.497 e. The third-order valence-electron chi connectivity index (χ3n) is 6.32. The highest BCUT2D eigenvalue weighted by Gasteiger charge is 2.33. The number of nitrogens with one attached hydrogen (secondary N) is 1. The molecule has 0 bridgehead atoms. The van der Waals surface area contributed by atoms with Gasteiger partial charge in [0.2, 0.25) is 21.8 Å². The van der Waals surface area contributed by atoms with Gasteiger partial charge in [-0.3, -0.25) is 13.9 Å². The third-order valence-corrected chi connectivity index (χ3v) is 7.45. The van der Waals surface area contributed by atoms with E-state index in [1.807, 2.05) is 52.0 Å². The lowest BCUT2D eigenvalue weighted by Gasteiger charge is -2.34.